The van der Waals surface area contributed by atoms with Crippen LogP contribution in [0.3, 0.4) is 0 Å². The molecule has 2 aliphatic rings. The Morgan fingerprint density at radius 3 is 2.39 bits per heavy atom. The molecule has 41 heavy (non-hydrogen) atoms. The summed E-state index contributed by atoms with van der Waals surface area (Å²) < 4.78 is 38.7. The fourth-order valence-corrected chi connectivity index (χ4v) is 4.72. The van der Waals surface area contributed by atoms with Crippen molar-refractivity contribution in [3.63, 3.8) is 0 Å². The molecular weight excluding hydrogens is 529 g/mol. The predicted molar refractivity (Wildman–Crippen MR) is 150 cm³/mol. The Labute approximate surface area is 235 Å². The zero-order valence-corrected chi connectivity index (χ0v) is 22.6. The van der Waals surface area contributed by atoms with Gasteiger partial charge in [-0.3, -0.25) is 14.6 Å². The van der Waals surface area contributed by atoms with E-state index >= 15 is 4.39 Å². The first-order chi connectivity index (χ1) is 19.9. The number of halogens is 1. The smallest absolute Gasteiger partial charge is 0.240 e. The molecule has 1 fully saturated rings. The quantitative estimate of drug-likeness (QED) is 0.256. The lowest BCUT2D eigenvalue weighted by molar-refractivity contribution is -0.131. The van der Waals surface area contributed by atoms with E-state index in [-0.39, 0.29) is 11.4 Å². The molecule has 1 aromatic heterocycles. The first kappa shape index (κ1) is 26.4. The molecule has 2 heterocycles. The maximum Gasteiger partial charge on any atom is 0.240 e. The van der Waals surface area contributed by atoms with Crippen LogP contribution in [-0.4, -0.2) is 36.6 Å². The van der Waals surface area contributed by atoms with E-state index in [0.717, 1.165) is 5.56 Å². The highest BCUT2D eigenvalue weighted by Gasteiger charge is 2.56. The Bertz CT molecular complexity index is 1650. The van der Waals surface area contributed by atoms with Crippen LogP contribution in [0.1, 0.15) is 25.3 Å². The van der Waals surface area contributed by atoms with Gasteiger partial charge in [-0.2, -0.15) is 0 Å². The zero-order valence-electron chi connectivity index (χ0n) is 22.6. The molecule has 0 saturated heterocycles. The summed E-state index contributed by atoms with van der Waals surface area (Å²) in [4.78, 5) is 30.4. The topological polar surface area (TPSA) is 108 Å². The summed E-state index contributed by atoms with van der Waals surface area (Å²) in [5.74, 6) is 0.355. The summed E-state index contributed by atoms with van der Waals surface area (Å²) in [6, 6.07) is 14.8. The number of benzene rings is 3. The van der Waals surface area contributed by atoms with E-state index < -0.39 is 23.0 Å². The van der Waals surface area contributed by atoms with Gasteiger partial charge >= 0.3 is 0 Å². The monoisotopic (exact) mass is 557 g/mol. The Morgan fingerprint density at radius 1 is 0.951 bits per heavy atom. The maximum absolute atomic E-state index is 15.2. The molecule has 6 rings (SSSR count). The van der Waals surface area contributed by atoms with E-state index in [1.807, 2.05) is 26.0 Å². The van der Waals surface area contributed by atoms with E-state index in [2.05, 4.69) is 15.6 Å². The van der Waals surface area contributed by atoms with E-state index in [1.165, 1.54) is 18.2 Å². The molecule has 0 unspecified atom stereocenters. The number of nitrogens with one attached hydrogen (secondary N) is 2. The summed E-state index contributed by atoms with van der Waals surface area (Å²) in [7, 11) is 0. The van der Waals surface area contributed by atoms with Crippen LogP contribution in [0.25, 0.3) is 10.9 Å². The van der Waals surface area contributed by atoms with Crippen molar-refractivity contribution in [2.75, 3.05) is 30.5 Å². The molecule has 4 aromatic rings. The van der Waals surface area contributed by atoms with Gasteiger partial charge in [0.05, 0.1) is 23.2 Å². The van der Waals surface area contributed by atoms with Crippen molar-refractivity contribution in [3.8, 4) is 28.7 Å². The first-order valence-corrected chi connectivity index (χ1v) is 13.4. The molecule has 1 saturated carbocycles. The summed E-state index contributed by atoms with van der Waals surface area (Å²) in [6.45, 7) is 4.99. The highest BCUT2D eigenvalue weighted by molar-refractivity contribution is 6.17. The van der Waals surface area contributed by atoms with Gasteiger partial charge in [0.1, 0.15) is 35.9 Å². The fraction of sp³-hybridized carbons (Fsp3) is 0.258. The summed E-state index contributed by atoms with van der Waals surface area (Å²) in [5.41, 5.74) is 0.942. The number of hydrogen-bond acceptors (Lipinski definition) is 7. The Balaban J connectivity index is 1.20. The molecule has 0 radical (unpaired) electrons. The normalized spacial score (nSPS) is 14.7. The molecule has 10 heteroatoms. The number of pyridine rings is 1. The van der Waals surface area contributed by atoms with Crippen molar-refractivity contribution in [2.45, 2.75) is 26.7 Å². The second kappa shape index (κ2) is 10.6. The standard InChI is InChI=1S/C31H28FN3O6/c1-3-38-25-17-23-26(28-27(25)39-14-15-40-28)24(10-13-33-23)41-20-8-9-22(21(32)16-20)35-30(37)31(11-12-31)29(36)34-19-6-4-18(2)5-7-19/h4-10,13,16-17H,3,11-12,14-15H2,1-2H3,(H,34,36)(H,35,37). The van der Waals surface area contributed by atoms with Crippen LogP contribution in [0.2, 0.25) is 0 Å². The summed E-state index contributed by atoms with van der Waals surface area (Å²) in [6.07, 6.45) is 2.34. The number of aryl methyl sites for hydroxylation is 1. The SMILES string of the molecule is CCOc1cc2nccc(Oc3ccc(NC(=O)C4(C(=O)Nc5ccc(C)cc5)CC4)c(F)c3)c2c2c1OCCO2. The highest BCUT2D eigenvalue weighted by Crippen LogP contribution is 2.49. The number of rotatable bonds is 8. The number of hydrogen-bond donors (Lipinski definition) is 2. The lowest BCUT2D eigenvalue weighted by Gasteiger charge is -2.23. The maximum atomic E-state index is 15.2. The van der Waals surface area contributed by atoms with E-state index in [1.54, 1.807) is 30.5 Å². The van der Waals surface area contributed by atoms with Crippen LogP contribution < -0.4 is 29.6 Å². The minimum absolute atomic E-state index is 0.0492. The fourth-order valence-electron chi connectivity index (χ4n) is 4.72. The number of ether oxygens (including phenoxy) is 4. The number of amides is 2. The van der Waals surface area contributed by atoms with E-state index in [9.17, 15) is 9.59 Å². The molecule has 2 N–H and O–H groups in total. The molecule has 3 aromatic carbocycles. The van der Waals surface area contributed by atoms with Crippen molar-refractivity contribution in [3.05, 3.63) is 72.2 Å². The number of carbonyl (C=O) groups is 2. The summed E-state index contributed by atoms with van der Waals surface area (Å²) in [5, 5.41) is 5.94. The largest absolute Gasteiger partial charge is 0.490 e. The van der Waals surface area contributed by atoms with Gasteiger partial charge in [0, 0.05) is 24.0 Å². The highest BCUT2D eigenvalue weighted by atomic mass is 19.1. The minimum atomic E-state index is -1.23. The number of aromatic nitrogens is 1. The van der Waals surface area contributed by atoms with Gasteiger partial charge < -0.3 is 29.6 Å². The van der Waals surface area contributed by atoms with Gasteiger partial charge in [-0.25, -0.2) is 4.39 Å². The van der Waals surface area contributed by atoms with E-state index in [0.29, 0.717) is 72.3 Å². The van der Waals surface area contributed by atoms with Crippen LogP contribution in [0.5, 0.6) is 28.7 Å². The van der Waals surface area contributed by atoms with Gasteiger partial charge in [-0.15, -0.1) is 0 Å². The Kier molecular flexibility index (Phi) is 6.82. The van der Waals surface area contributed by atoms with Crippen LogP contribution >= 0.6 is 0 Å². The third-order valence-corrected chi connectivity index (χ3v) is 7.09. The average Bonchev–Trinajstić information content (AvgIpc) is 3.79. The lowest BCUT2D eigenvalue weighted by atomic mass is 10.0. The number of anilines is 2. The molecule has 0 spiro atoms. The second-order valence-corrected chi connectivity index (χ2v) is 9.97. The number of carbonyl (C=O) groups excluding carboxylic acids is 2. The van der Waals surface area contributed by atoms with E-state index in [4.69, 9.17) is 18.9 Å². The first-order valence-electron chi connectivity index (χ1n) is 13.4. The summed E-state index contributed by atoms with van der Waals surface area (Å²) >= 11 is 0. The van der Waals surface area contributed by atoms with Crippen molar-refractivity contribution < 1.29 is 32.9 Å². The molecule has 0 atom stereocenters. The molecule has 210 valence electrons. The predicted octanol–water partition coefficient (Wildman–Crippen LogP) is 6.00. The Morgan fingerprint density at radius 2 is 1.68 bits per heavy atom. The lowest BCUT2D eigenvalue weighted by Crippen LogP contribution is -2.35. The minimum Gasteiger partial charge on any atom is -0.490 e. The third kappa shape index (κ3) is 5.08. The molecular formula is C31H28FN3O6. The van der Waals surface area contributed by atoms with Crippen LogP contribution in [0, 0.1) is 18.2 Å². The molecule has 0 bridgehead atoms. The zero-order chi connectivity index (χ0) is 28.6. The van der Waals surface area contributed by atoms with Gasteiger partial charge in [0.15, 0.2) is 11.5 Å². The average molecular weight is 558 g/mol. The van der Waals surface area contributed by atoms with Crippen LogP contribution in [0.15, 0.2) is 60.8 Å². The van der Waals surface area contributed by atoms with Crippen molar-refractivity contribution >= 4 is 34.1 Å². The van der Waals surface area contributed by atoms with Gasteiger partial charge in [0.25, 0.3) is 0 Å². The number of fused-ring (bicyclic) bond motifs is 3. The molecule has 9 nitrogen and oxygen atoms in total. The van der Waals surface area contributed by atoms with Crippen molar-refractivity contribution in [1.82, 2.24) is 4.98 Å². The van der Waals surface area contributed by atoms with Gasteiger partial charge in [-0.1, -0.05) is 17.7 Å². The second-order valence-electron chi connectivity index (χ2n) is 9.97. The third-order valence-electron chi connectivity index (χ3n) is 7.09. The molecule has 2 amide bonds. The molecule has 1 aliphatic carbocycles. The number of nitrogens with zero attached hydrogens (tertiary/aromatic N) is 1. The van der Waals surface area contributed by atoms with Gasteiger partial charge in [-0.05, 0) is 57.0 Å². The van der Waals surface area contributed by atoms with Crippen LogP contribution in [-0.2, 0) is 9.59 Å². The van der Waals surface area contributed by atoms with Crippen LogP contribution in [0.4, 0.5) is 15.8 Å². The van der Waals surface area contributed by atoms with Crippen molar-refractivity contribution in [1.29, 1.82) is 0 Å². The molecule has 1 aliphatic heterocycles. The van der Waals surface area contributed by atoms with Crippen molar-refractivity contribution in [2.24, 2.45) is 5.41 Å². The van der Waals surface area contributed by atoms with Gasteiger partial charge in [0.2, 0.25) is 17.6 Å². The Hall–Kier alpha value is -4.86.